The van der Waals surface area contributed by atoms with Gasteiger partial charge in [-0.15, -0.1) is 0 Å². The molecule has 1 aromatic carbocycles. The molecule has 1 unspecified atom stereocenters. The van der Waals surface area contributed by atoms with E-state index in [0.29, 0.717) is 18.9 Å². The fourth-order valence-corrected chi connectivity index (χ4v) is 2.58. The first-order chi connectivity index (χ1) is 8.86. The quantitative estimate of drug-likeness (QED) is 0.767. The summed E-state index contributed by atoms with van der Waals surface area (Å²) >= 11 is 6.32. The third-order valence-corrected chi connectivity index (χ3v) is 3.84. The number of ether oxygens (including phenoxy) is 1. The molecule has 106 valence electrons. The molecule has 0 saturated heterocycles. The highest BCUT2D eigenvalue weighted by Gasteiger charge is 2.16. The predicted molar refractivity (Wildman–Crippen MR) is 80.3 cm³/mol. The summed E-state index contributed by atoms with van der Waals surface area (Å²) in [4.78, 5) is 11.2. The Labute approximate surface area is 121 Å². The molecular formula is C16H23ClO2. The van der Waals surface area contributed by atoms with Gasteiger partial charge in [0.15, 0.2) is 0 Å². The number of benzene rings is 1. The van der Waals surface area contributed by atoms with Crippen molar-refractivity contribution >= 4 is 17.4 Å². The van der Waals surface area contributed by atoms with Crippen LogP contribution in [0.4, 0.5) is 0 Å². The molecule has 0 heterocycles. The summed E-state index contributed by atoms with van der Waals surface area (Å²) in [5, 5.41) is 0.800. The van der Waals surface area contributed by atoms with Crippen molar-refractivity contribution in [2.75, 3.05) is 6.61 Å². The lowest BCUT2D eigenvalue weighted by atomic mass is 9.92. The summed E-state index contributed by atoms with van der Waals surface area (Å²) in [5.41, 5.74) is 3.23. The van der Waals surface area contributed by atoms with E-state index in [9.17, 15) is 4.79 Å². The lowest BCUT2D eigenvalue weighted by Gasteiger charge is -2.19. The number of carbonyl (C=O) groups excluding carboxylic acids is 1. The lowest BCUT2D eigenvalue weighted by molar-refractivity contribution is -0.117. The highest BCUT2D eigenvalue weighted by Crippen LogP contribution is 2.33. The van der Waals surface area contributed by atoms with Crippen molar-refractivity contribution in [3.8, 4) is 5.75 Å². The van der Waals surface area contributed by atoms with E-state index in [0.717, 1.165) is 33.9 Å². The summed E-state index contributed by atoms with van der Waals surface area (Å²) in [5.74, 6) is 1.42. The van der Waals surface area contributed by atoms with Gasteiger partial charge in [0.1, 0.15) is 11.5 Å². The second-order valence-electron chi connectivity index (χ2n) is 5.26. The molecule has 1 atom stereocenters. The molecule has 0 aliphatic carbocycles. The van der Waals surface area contributed by atoms with Crippen molar-refractivity contribution in [2.24, 2.45) is 5.92 Å². The zero-order valence-electron chi connectivity index (χ0n) is 12.5. The third kappa shape index (κ3) is 4.24. The number of hydrogen-bond acceptors (Lipinski definition) is 2. The number of hydrogen-bond donors (Lipinski definition) is 0. The van der Waals surface area contributed by atoms with Gasteiger partial charge in [0, 0.05) is 11.4 Å². The SMILES string of the molecule is CCOc1cc(C)c(Cl)c(C)c1CC(C)CC(C)=O. The maximum atomic E-state index is 11.2. The summed E-state index contributed by atoms with van der Waals surface area (Å²) in [6, 6.07) is 1.99. The molecule has 19 heavy (non-hydrogen) atoms. The van der Waals surface area contributed by atoms with Crippen LogP contribution in [-0.2, 0) is 11.2 Å². The van der Waals surface area contributed by atoms with Crippen molar-refractivity contribution in [1.29, 1.82) is 0 Å². The number of halogens is 1. The molecule has 0 aliphatic heterocycles. The summed E-state index contributed by atoms with van der Waals surface area (Å²) in [7, 11) is 0. The Morgan fingerprint density at radius 2 is 2.05 bits per heavy atom. The predicted octanol–water partition coefficient (Wildman–Crippen LogP) is 4.51. The van der Waals surface area contributed by atoms with Crippen molar-refractivity contribution in [2.45, 2.75) is 47.5 Å². The second kappa shape index (κ2) is 6.95. The monoisotopic (exact) mass is 282 g/mol. The van der Waals surface area contributed by atoms with Gasteiger partial charge in [-0.2, -0.15) is 0 Å². The van der Waals surface area contributed by atoms with Gasteiger partial charge in [-0.25, -0.2) is 0 Å². The third-order valence-electron chi connectivity index (χ3n) is 3.26. The molecule has 2 nitrogen and oxygen atoms in total. The van der Waals surface area contributed by atoms with Crippen LogP contribution in [0, 0.1) is 19.8 Å². The van der Waals surface area contributed by atoms with E-state index in [1.54, 1.807) is 6.92 Å². The van der Waals surface area contributed by atoms with Gasteiger partial charge in [-0.05, 0) is 62.8 Å². The number of carbonyl (C=O) groups is 1. The van der Waals surface area contributed by atoms with Gasteiger partial charge >= 0.3 is 0 Å². The second-order valence-corrected chi connectivity index (χ2v) is 5.64. The van der Waals surface area contributed by atoms with E-state index in [4.69, 9.17) is 16.3 Å². The number of Topliss-reactive ketones (excluding diaryl/α,β-unsaturated/α-hetero) is 1. The van der Waals surface area contributed by atoms with Crippen molar-refractivity contribution in [1.82, 2.24) is 0 Å². The molecule has 3 heteroatoms. The molecule has 0 radical (unpaired) electrons. The van der Waals surface area contributed by atoms with E-state index < -0.39 is 0 Å². The standard InChI is InChI=1S/C16H23ClO2/c1-6-19-15-9-11(3)16(17)13(5)14(15)8-10(2)7-12(4)18/h9-10H,6-8H2,1-5H3. The van der Waals surface area contributed by atoms with Crippen LogP contribution in [0.25, 0.3) is 0 Å². The Hall–Kier alpha value is -1.02. The summed E-state index contributed by atoms with van der Waals surface area (Å²) < 4.78 is 5.72. The maximum absolute atomic E-state index is 11.2. The first kappa shape index (κ1) is 16.0. The van der Waals surface area contributed by atoms with Gasteiger partial charge in [0.25, 0.3) is 0 Å². The molecule has 0 aliphatic rings. The molecule has 0 N–H and O–H groups in total. The minimum absolute atomic E-state index is 0.223. The maximum Gasteiger partial charge on any atom is 0.130 e. The topological polar surface area (TPSA) is 26.3 Å². The molecule has 0 saturated carbocycles. The van der Waals surface area contributed by atoms with Crippen LogP contribution in [0.2, 0.25) is 5.02 Å². The molecule has 0 bridgehead atoms. The van der Waals surface area contributed by atoms with Crippen molar-refractivity contribution < 1.29 is 9.53 Å². The van der Waals surface area contributed by atoms with E-state index in [-0.39, 0.29) is 5.78 Å². The zero-order chi connectivity index (χ0) is 14.6. The smallest absolute Gasteiger partial charge is 0.130 e. The van der Waals surface area contributed by atoms with Gasteiger partial charge in [0.2, 0.25) is 0 Å². The van der Waals surface area contributed by atoms with Gasteiger partial charge in [-0.3, -0.25) is 0 Å². The number of ketones is 1. The van der Waals surface area contributed by atoms with Crippen molar-refractivity contribution in [3.05, 3.63) is 27.8 Å². The molecule has 0 amide bonds. The molecule has 0 fully saturated rings. The van der Waals surface area contributed by atoms with Crippen molar-refractivity contribution in [3.63, 3.8) is 0 Å². The molecule has 0 aromatic heterocycles. The van der Waals surface area contributed by atoms with E-state index in [1.807, 2.05) is 26.8 Å². The fraction of sp³-hybridized carbons (Fsp3) is 0.562. The number of aryl methyl sites for hydroxylation is 1. The van der Waals surface area contributed by atoms with E-state index in [2.05, 4.69) is 6.92 Å². The molecule has 1 aromatic rings. The average molecular weight is 283 g/mol. The van der Waals surface area contributed by atoms with Gasteiger partial charge < -0.3 is 9.53 Å². The van der Waals surface area contributed by atoms with E-state index >= 15 is 0 Å². The molecule has 1 rings (SSSR count). The van der Waals surface area contributed by atoms with Crippen LogP contribution in [0.5, 0.6) is 5.75 Å². The first-order valence-corrected chi connectivity index (χ1v) is 7.15. The highest BCUT2D eigenvalue weighted by molar-refractivity contribution is 6.32. The van der Waals surface area contributed by atoms with Crippen LogP contribution in [-0.4, -0.2) is 12.4 Å². The minimum Gasteiger partial charge on any atom is -0.494 e. The van der Waals surface area contributed by atoms with Crippen LogP contribution in [0.1, 0.15) is 43.9 Å². The highest BCUT2D eigenvalue weighted by atomic mass is 35.5. The van der Waals surface area contributed by atoms with Crippen LogP contribution < -0.4 is 4.74 Å². The fourth-order valence-electron chi connectivity index (χ4n) is 2.41. The lowest BCUT2D eigenvalue weighted by Crippen LogP contribution is -2.09. The first-order valence-electron chi connectivity index (χ1n) is 6.77. The minimum atomic E-state index is 0.223. The number of rotatable bonds is 6. The van der Waals surface area contributed by atoms with Gasteiger partial charge in [-0.1, -0.05) is 18.5 Å². The Morgan fingerprint density at radius 3 is 2.58 bits per heavy atom. The Balaban J connectivity index is 3.09. The molecular weight excluding hydrogens is 260 g/mol. The largest absolute Gasteiger partial charge is 0.494 e. The molecule has 0 spiro atoms. The van der Waals surface area contributed by atoms with Crippen LogP contribution in [0.15, 0.2) is 6.07 Å². The Kier molecular flexibility index (Phi) is 5.86. The summed E-state index contributed by atoms with van der Waals surface area (Å²) in [6.07, 6.45) is 1.41. The zero-order valence-corrected chi connectivity index (χ0v) is 13.2. The Morgan fingerprint density at radius 1 is 1.42 bits per heavy atom. The Bertz CT molecular complexity index is 466. The summed E-state index contributed by atoms with van der Waals surface area (Å²) in [6.45, 7) is 10.3. The normalized spacial score (nSPS) is 12.3. The van der Waals surface area contributed by atoms with Crippen LogP contribution >= 0.6 is 11.6 Å². The average Bonchev–Trinajstić information content (AvgIpc) is 2.31. The van der Waals surface area contributed by atoms with Gasteiger partial charge in [0.05, 0.1) is 6.61 Å². The van der Waals surface area contributed by atoms with Crippen LogP contribution in [0.3, 0.4) is 0 Å². The van der Waals surface area contributed by atoms with E-state index in [1.165, 1.54) is 0 Å².